The van der Waals surface area contributed by atoms with Crippen LogP contribution in [0, 0.1) is 0 Å². The van der Waals surface area contributed by atoms with E-state index >= 15 is 0 Å². The molecule has 0 bridgehead atoms. The van der Waals surface area contributed by atoms with Gasteiger partial charge in [-0.1, -0.05) is 36.4 Å². The highest BCUT2D eigenvalue weighted by Crippen LogP contribution is 2.14. The molecule has 0 amide bonds. The lowest BCUT2D eigenvalue weighted by Gasteiger charge is -2.23. The fourth-order valence-electron chi connectivity index (χ4n) is 2.26. The summed E-state index contributed by atoms with van der Waals surface area (Å²) < 4.78 is 10.4. The molecule has 136 valence electrons. The summed E-state index contributed by atoms with van der Waals surface area (Å²) in [6.07, 6.45) is -2.88. The van der Waals surface area contributed by atoms with Crippen molar-refractivity contribution in [1.82, 2.24) is 0 Å². The van der Waals surface area contributed by atoms with Crippen LogP contribution in [0.15, 0.2) is 60.7 Å². The molecule has 0 aliphatic rings. The lowest BCUT2D eigenvalue weighted by atomic mass is 10.1. The quantitative estimate of drug-likeness (QED) is 0.577. The average Bonchev–Trinajstić information content (AvgIpc) is 2.67. The molecular weight excluding hydrogens is 336 g/mol. The van der Waals surface area contributed by atoms with Gasteiger partial charge in [0.25, 0.3) is 0 Å². The van der Waals surface area contributed by atoms with E-state index in [1.807, 2.05) is 0 Å². The monoisotopic (exact) mass is 356 g/mol. The molecule has 2 aromatic carbocycles. The van der Waals surface area contributed by atoms with Crippen molar-refractivity contribution in [2.24, 2.45) is 0 Å². The van der Waals surface area contributed by atoms with Crippen molar-refractivity contribution in [2.75, 3.05) is 0 Å². The predicted molar refractivity (Wildman–Crippen MR) is 93.7 cm³/mol. The predicted octanol–water partition coefficient (Wildman–Crippen LogP) is 2.41. The third-order valence-corrected chi connectivity index (χ3v) is 3.69. The molecule has 2 rings (SSSR count). The van der Waals surface area contributed by atoms with Crippen molar-refractivity contribution < 1.29 is 29.0 Å². The molecule has 0 aliphatic heterocycles. The number of hydrogen-bond acceptors (Lipinski definition) is 6. The summed E-state index contributed by atoms with van der Waals surface area (Å²) in [4.78, 5) is 35.5. The number of rotatable bonds is 8. The van der Waals surface area contributed by atoms with Crippen LogP contribution in [0.25, 0.3) is 0 Å². The SMILES string of the molecule is C[C@H](O)[C@@H](C[C@H](C=O)OC(=O)c1ccccc1)OC(=O)c1ccccc1. The molecule has 1 N–H and O–H groups in total. The minimum absolute atomic E-state index is 0.141. The zero-order valence-electron chi connectivity index (χ0n) is 14.3. The van der Waals surface area contributed by atoms with Crippen LogP contribution in [0.5, 0.6) is 0 Å². The van der Waals surface area contributed by atoms with E-state index in [2.05, 4.69) is 0 Å². The number of aliphatic hydroxyl groups excluding tert-OH is 1. The van der Waals surface area contributed by atoms with Crippen molar-refractivity contribution in [1.29, 1.82) is 0 Å². The van der Waals surface area contributed by atoms with E-state index < -0.39 is 30.3 Å². The molecule has 0 aliphatic carbocycles. The lowest BCUT2D eigenvalue weighted by molar-refractivity contribution is -0.118. The fraction of sp³-hybridized carbons (Fsp3) is 0.250. The molecule has 0 fully saturated rings. The second kappa shape index (κ2) is 9.48. The van der Waals surface area contributed by atoms with E-state index in [0.29, 0.717) is 17.4 Å². The molecule has 3 atom stereocenters. The number of esters is 2. The molecule has 0 aromatic heterocycles. The van der Waals surface area contributed by atoms with Crippen LogP contribution in [0.3, 0.4) is 0 Å². The van der Waals surface area contributed by atoms with Crippen LogP contribution in [0.2, 0.25) is 0 Å². The zero-order valence-corrected chi connectivity index (χ0v) is 14.3. The Kier molecular flexibility index (Phi) is 7.05. The van der Waals surface area contributed by atoms with Crippen LogP contribution in [-0.4, -0.2) is 41.6 Å². The van der Waals surface area contributed by atoms with Gasteiger partial charge in [-0.05, 0) is 31.2 Å². The standard InChI is InChI=1S/C20H20O6/c1-14(22)18(26-20(24)16-10-6-3-7-11-16)12-17(13-21)25-19(23)15-8-4-2-5-9-15/h2-11,13-14,17-18,22H,12H2,1H3/t14-,17+,18+/m0/s1. The molecule has 0 radical (unpaired) electrons. The van der Waals surface area contributed by atoms with E-state index in [1.165, 1.54) is 6.92 Å². The van der Waals surface area contributed by atoms with Crippen LogP contribution >= 0.6 is 0 Å². The van der Waals surface area contributed by atoms with E-state index in [0.717, 1.165) is 0 Å². The Bertz CT molecular complexity index is 726. The van der Waals surface area contributed by atoms with Crippen LogP contribution in [-0.2, 0) is 14.3 Å². The Labute approximate surface area is 151 Å². The van der Waals surface area contributed by atoms with Gasteiger partial charge in [-0.15, -0.1) is 0 Å². The van der Waals surface area contributed by atoms with Gasteiger partial charge in [-0.2, -0.15) is 0 Å². The van der Waals surface area contributed by atoms with E-state index in [4.69, 9.17) is 9.47 Å². The molecule has 6 heteroatoms. The van der Waals surface area contributed by atoms with Crippen molar-refractivity contribution >= 4 is 18.2 Å². The molecule has 0 saturated carbocycles. The Morgan fingerprint density at radius 3 is 1.81 bits per heavy atom. The molecule has 0 saturated heterocycles. The first-order valence-electron chi connectivity index (χ1n) is 8.16. The summed E-state index contributed by atoms with van der Waals surface area (Å²) in [6.45, 7) is 1.43. The number of ether oxygens (including phenoxy) is 2. The summed E-state index contributed by atoms with van der Waals surface area (Å²) in [5.74, 6) is -1.29. The van der Waals surface area contributed by atoms with Gasteiger partial charge >= 0.3 is 11.9 Å². The molecule has 0 heterocycles. The highest BCUT2D eigenvalue weighted by Gasteiger charge is 2.27. The van der Waals surface area contributed by atoms with Crippen molar-refractivity contribution in [3.63, 3.8) is 0 Å². The molecule has 6 nitrogen and oxygen atoms in total. The van der Waals surface area contributed by atoms with Crippen LogP contribution in [0.4, 0.5) is 0 Å². The van der Waals surface area contributed by atoms with Gasteiger partial charge in [0.2, 0.25) is 0 Å². The smallest absolute Gasteiger partial charge is 0.338 e. The van der Waals surface area contributed by atoms with Crippen molar-refractivity contribution in [2.45, 2.75) is 31.7 Å². The molecule has 2 aromatic rings. The Morgan fingerprint density at radius 2 is 1.38 bits per heavy atom. The first-order valence-corrected chi connectivity index (χ1v) is 8.16. The highest BCUT2D eigenvalue weighted by molar-refractivity contribution is 5.90. The zero-order chi connectivity index (χ0) is 18.9. The summed E-state index contributed by atoms with van der Waals surface area (Å²) in [7, 11) is 0. The second-order valence-corrected chi connectivity index (χ2v) is 5.73. The molecular formula is C20H20O6. The van der Waals surface area contributed by atoms with E-state index in [9.17, 15) is 19.5 Å². The molecule has 0 spiro atoms. The number of carbonyl (C=O) groups is 3. The number of carbonyl (C=O) groups excluding carboxylic acids is 3. The Hall–Kier alpha value is -2.99. The maximum absolute atomic E-state index is 12.1. The van der Waals surface area contributed by atoms with E-state index in [1.54, 1.807) is 60.7 Å². The van der Waals surface area contributed by atoms with Gasteiger partial charge in [0.1, 0.15) is 6.10 Å². The number of benzene rings is 2. The molecule has 26 heavy (non-hydrogen) atoms. The van der Waals surface area contributed by atoms with Gasteiger partial charge < -0.3 is 14.6 Å². The number of aliphatic hydroxyl groups is 1. The molecule has 0 unspecified atom stereocenters. The lowest BCUT2D eigenvalue weighted by Crippen LogP contribution is -2.35. The Balaban J connectivity index is 2.01. The average molecular weight is 356 g/mol. The topological polar surface area (TPSA) is 89.9 Å². The van der Waals surface area contributed by atoms with Gasteiger partial charge in [0.05, 0.1) is 17.2 Å². The van der Waals surface area contributed by atoms with Crippen molar-refractivity contribution in [3.05, 3.63) is 71.8 Å². The minimum Gasteiger partial charge on any atom is -0.456 e. The highest BCUT2D eigenvalue weighted by atomic mass is 16.6. The number of aldehydes is 1. The van der Waals surface area contributed by atoms with Gasteiger partial charge in [-0.25, -0.2) is 9.59 Å². The maximum atomic E-state index is 12.1. The van der Waals surface area contributed by atoms with E-state index in [-0.39, 0.29) is 6.42 Å². The van der Waals surface area contributed by atoms with Crippen molar-refractivity contribution in [3.8, 4) is 0 Å². The fourth-order valence-corrected chi connectivity index (χ4v) is 2.26. The second-order valence-electron chi connectivity index (χ2n) is 5.73. The normalized spacial score (nSPS) is 13.9. The first-order chi connectivity index (χ1) is 12.5. The third kappa shape index (κ3) is 5.53. The van der Waals surface area contributed by atoms with Gasteiger partial charge in [0.15, 0.2) is 12.4 Å². The van der Waals surface area contributed by atoms with Crippen LogP contribution < -0.4 is 0 Å². The van der Waals surface area contributed by atoms with Gasteiger partial charge in [-0.3, -0.25) is 4.79 Å². The summed E-state index contributed by atoms with van der Waals surface area (Å²) >= 11 is 0. The first kappa shape index (κ1) is 19.3. The third-order valence-electron chi connectivity index (χ3n) is 3.69. The summed E-state index contributed by atoms with van der Waals surface area (Å²) in [5, 5.41) is 9.87. The minimum atomic E-state index is -1.15. The van der Waals surface area contributed by atoms with Crippen LogP contribution in [0.1, 0.15) is 34.1 Å². The Morgan fingerprint density at radius 1 is 0.923 bits per heavy atom. The summed E-state index contributed by atoms with van der Waals surface area (Å²) in [6, 6.07) is 16.5. The maximum Gasteiger partial charge on any atom is 0.338 e. The summed E-state index contributed by atoms with van der Waals surface area (Å²) in [5.41, 5.74) is 0.622. The largest absolute Gasteiger partial charge is 0.456 e. The van der Waals surface area contributed by atoms with Gasteiger partial charge in [0, 0.05) is 6.42 Å². The number of hydrogen-bond donors (Lipinski definition) is 1.